The summed E-state index contributed by atoms with van der Waals surface area (Å²) >= 11 is 0. The normalized spacial score (nSPS) is 33.8. The van der Waals surface area contributed by atoms with E-state index in [4.69, 9.17) is 0 Å². The molecule has 0 atom stereocenters. The van der Waals surface area contributed by atoms with Crippen LogP contribution >= 0.6 is 0 Å². The van der Waals surface area contributed by atoms with E-state index in [1.807, 2.05) is 6.92 Å². The lowest BCUT2D eigenvalue weighted by molar-refractivity contribution is -0.0930. The molecule has 3 rings (SSSR count). The Morgan fingerprint density at radius 3 is 2.26 bits per heavy atom. The Balaban J connectivity index is 1.62. The van der Waals surface area contributed by atoms with Crippen LogP contribution in [0.1, 0.15) is 31.2 Å². The van der Waals surface area contributed by atoms with Crippen LogP contribution in [0.15, 0.2) is 29.2 Å². The number of aliphatic hydroxyl groups is 1. The Morgan fingerprint density at radius 1 is 1.16 bits per heavy atom. The quantitative estimate of drug-likeness (QED) is 0.884. The highest BCUT2D eigenvalue weighted by Gasteiger charge is 2.53. The molecule has 19 heavy (non-hydrogen) atoms. The van der Waals surface area contributed by atoms with Gasteiger partial charge in [0.25, 0.3) is 0 Å². The van der Waals surface area contributed by atoms with Crippen molar-refractivity contribution in [1.29, 1.82) is 0 Å². The minimum Gasteiger partial charge on any atom is -0.393 e. The molecule has 2 aliphatic rings. The molecule has 0 unspecified atom stereocenters. The van der Waals surface area contributed by atoms with Gasteiger partial charge in [0, 0.05) is 6.04 Å². The SMILES string of the molecule is Cc1ccc(S(=O)(=O)NC2CC3(CC(O)C3)C2)cc1. The molecule has 2 aliphatic carbocycles. The van der Waals surface area contributed by atoms with Crippen LogP contribution in [0.5, 0.6) is 0 Å². The zero-order valence-electron chi connectivity index (χ0n) is 11.0. The second-order valence-corrected chi connectivity index (χ2v) is 7.82. The maximum Gasteiger partial charge on any atom is 0.240 e. The first-order valence-corrected chi connectivity index (χ1v) is 8.14. The zero-order chi connectivity index (χ0) is 13.7. The summed E-state index contributed by atoms with van der Waals surface area (Å²) in [5, 5.41) is 9.33. The molecule has 2 saturated carbocycles. The van der Waals surface area contributed by atoms with E-state index in [0.29, 0.717) is 4.90 Å². The average Bonchev–Trinajstić information content (AvgIpc) is 2.24. The summed E-state index contributed by atoms with van der Waals surface area (Å²) in [5.41, 5.74) is 1.27. The maximum absolute atomic E-state index is 12.2. The van der Waals surface area contributed by atoms with Gasteiger partial charge in [-0.25, -0.2) is 13.1 Å². The van der Waals surface area contributed by atoms with Crippen LogP contribution < -0.4 is 4.72 Å². The van der Waals surface area contributed by atoms with Crippen LogP contribution in [0, 0.1) is 12.3 Å². The lowest BCUT2D eigenvalue weighted by Crippen LogP contribution is -2.57. The average molecular weight is 281 g/mol. The monoisotopic (exact) mass is 281 g/mol. The van der Waals surface area contributed by atoms with Crippen molar-refractivity contribution in [2.75, 3.05) is 0 Å². The van der Waals surface area contributed by atoms with Crippen LogP contribution in [0.25, 0.3) is 0 Å². The summed E-state index contributed by atoms with van der Waals surface area (Å²) in [6.45, 7) is 1.93. The minimum absolute atomic E-state index is 0.0267. The van der Waals surface area contributed by atoms with Crippen molar-refractivity contribution in [3.05, 3.63) is 29.8 Å². The van der Waals surface area contributed by atoms with E-state index in [-0.39, 0.29) is 17.6 Å². The molecule has 0 aliphatic heterocycles. The van der Waals surface area contributed by atoms with Crippen LogP contribution in [-0.2, 0) is 10.0 Å². The lowest BCUT2D eigenvalue weighted by Gasteiger charge is -2.56. The van der Waals surface area contributed by atoms with E-state index >= 15 is 0 Å². The number of rotatable bonds is 3. The standard InChI is InChI=1S/C14H19NO3S/c1-10-2-4-13(5-3-10)19(17,18)15-11-6-14(7-11)8-12(16)9-14/h2-5,11-12,15-16H,6-9H2,1H3. The van der Waals surface area contributed by atoms with E-state index in [1.165, 1.54) is 0 Å². The molecule has 5 heteroatoms. The molecule has 104 valence electrons. The van der Waals surface area contributed by atoms with Gasteiger partial charge in [0.15, 0.2) is 0 Å². The fourth-order valence-corrected chi connectivity index (χ4v) is 4.58. The number of sulfonamides is 1. The van der Waals surface area contributed by atoms with Gasteiger partial charge in [0.2, 0.25) is 10.0 Å². The lowest BCUT2D eigenvalue weighted by atomic mass is 9.53. The summed E-state index contributed by atoms with van der Waals surface area (Å²) in [7, 11) is -3.40. The zero-order valence-corrected chi connectivity index (χ0v) is 11.8. The van der Waals surface area contributed by atoms with Crippen molar-refractivity contribution in [1.82, 2.24) is 4.72 Å². The Bertz CT molecular complexity index is 565. The molecule has 0 amide bonds. The third kappa shape index (κ3) is 2.42. The van der Waals surface area contributed by atoms with Gasteiger partial charge in [-0.2, -0.15) is 0 Å². The van der Waals surface area contributed by atoms with Crippen LogP contribution in [0.3, 0.4) is 0 Å². The van der Waals surface area contributed by atoms with Crippen molar-refractivity contribution in [2.45, 2.75) is 49.6 Å². The molecule has 2 fully saturated rings. The second kappa shape index (κ2) is 4.30. The first-order valence-electron chi connectivity index (χ1n) is 6.66. The van der Waals surface area contributed by atoms with Crippen molar-refractivity contribution in [3.63, 3.8) is 0 Å². The maximum atomic E-state index is 12.2. The van der Waals surface area contributed by atoms with Gasteiger partial charge in [-0.3, -0.25) is 0 Å². The van der Waals surface area contributed by atoms with E-state index in [0.717, 1.165) is 31.2 Å². The molecule has 1 aromatic carbocycles. The van der Waals surface area contributed by atoms with Crippen LogP contribution in [-0.4, -0.2) is 25.7 Å². The minimum atomic E-state index is -3.40. The fraction of sp³-hybridized carbons (Fsp3) is 0.571. The molecule has 0 radical (unpaired) electrons. The molecule has 0 bridgehead atoms. The first-order chi connectivity index (χ1) is 8.89. The summed E-state index contributed by atoms with van der Waals surface area (Å²) in [4.78, 5) is 0.327. The molecule has 1 aromatic rings. The Labute approximate surface area is 113 Å². The molecule has 1 spiro atoms. The van der Waals surface area contributed by atoms with E-state index in [1.54, 1.807) is 24.3 Å². The third-order valence-electron chi connectivity index (χ3n) is 4.35. The van der Waals surface area contributed by atoms with Crippen LogP contribution in [0.4, 0.5) is 0 Å². The van der Waals surface area contributed by atoms with Gasteiger partial charge < -0.3 is 5.11 Å². The number of hydrogen-bond donors (Lipinski definition) is 2. The molecule has 2 N–H and O–H groups in total. The van der Waals surface area contributed by atoms with Crippen molar-refractivity contribution >= 4 is 10.0 Å². The highest BCUT2D eigenvalue weighted by atomic mass is 32.2. The molecular formula is C14H19NO3S. The fourth-order valence-electron chi connectivity index (χ4n) is 3.35. The molecule has 0 heterocycles. The molecule has 4 nitrogen and oxygen atoms in total. The summed E-state index contributed by atoms with van der Waals surface area (Å²) < 4.78 is 27.1. The Morgan fingerprint density at radius 2 is 1.74 bits per heavy atom. The van der Waals surface area contributed by atoms with Crippen molar-refractivity contribution in [2.24, 2.45) is 5.41 Å². The third-order valence-corrected chi connectivity index (χ3v) is 5.89. The van der Waals surface area contributed by atoms with Gasteiger partial charge >= 0.3 is 0 Å². The summed E-state index contributed by atoms with van der Waals surface area (Å²) in [6, 6.07) is 6.91. The number of aryl methyl sites for hydroxylation is 1. The number of aliphatic hydroxyl groups excluding tert-OH is 1. The first kappa shape index (κ1) is 13.1. The second-order valence-electron chi connectivity index (χ2n) is 6.10. The summed E-state index contributed by atoms with van der Waals surface area (Å²) in [6.07, 6.45) is 3.20. The molecule has 0 saturated heterocycles. The number of hydrogen-bond acceptors (Lipinski definition) is 3. The van der Waals surface area contributed by atoms with Gasteiger partial charge in [-0.15, -0.1) is 0 Å². The molecular weight excluding hydrogens is 262 g/mol. The molecule has 0 aromatic heterocycles. The van der Waals surface area contributed by atoms with Gasteiger partial charge in [0.05, 0.1) is 11.0 Å². The Kier molecular flexibility index (Phi) is 2.96. The van der Waals surface area contributed by atoms with Crippen LogP contribution in [0.2, 0.25) is 0 Å². The van der Waals surface area contributed by atoms with E-state index in [9.17, 15) is 13.5 Å². The summed E-state index contributed by atoms with van der Waals surface area (Å²) in [5.74, 6) is 0. The predicted molar refractivity (Wildman–Crippen MR) is 72.2 cm³/mol. The topological polar surface area (TPSA) is 66.4 Å². The smallest absolute Gasteiger partial charge is 0.240 e. The Hall–Kier alpha value is -0.910. The predicted octanol–water partition coefficient (Wildman–Crippen LogP) is 1.58. The van der Waals surface area contributed by atoms with Gasteiger partial charge in [-0.05, 0) is 50.2 Å². The number of nitrogens with one attached hydrogen (secondary N) is 1. The van der Waals surface area contributed by atoms with Crippen molar-refractivity contribution < 1.29 is 13.5 Å². The van der Waals surface area contributed by atoms with Gasteiger partial charge in [-0.1, -0.05) is 17.7 Å². The van der Waals surface area contributed by atoms with Gasteiger partial charge in [0.1, 0.15) is 0 Å². The number of benzene rings is 1. The van der Waals surface area contributed by atoms with E-state index < -0.39 is 10.0 Å². The highest BCUT2D eigenvalue weighted by Crippen LogP contribution is 2.56. The van der Waals surface area contributed by atoms with E-state index in [2.05, 4.69) is 4.72 Å². The van der Waals surface area contributed by atoms with Crippen molar-refractivity contribution in [3.8, 4) is 0 Å². The highest BCUT2D eigenvalue weighted by molar-refractivity contribution is 7.89. The largest absolute Gasteiger partial charge is 0.393 e.